The molecule has 1 amide bonds. The van der Waals surface area contributed by atoms with E-state index in [4.69, 9.17) is 0 Å². The fourth-order valence-corrected chi connectivity index (χ4v) is 4.23. The lowest BCUT2D eigenvalue weighted by atomic mass is 10.3. The maximum absolute atomic E-state index is 12.3. The molecule has 0 aliphatic heterocycles. The van der Waals surface area contributed by atoms with Gasteiger partial charge < -0.3 is 5.32 Å². The molecule has 0 radical (unpaired) electrons. The normalized spacial score (nSPS) is 11.2. The van der Waals surface area contributed by atoms with Crippen LogP contribution in [0.2, 0.25) is 0 Å². The molecule has 0 bridgehead atoms. The van der Waals surface area contributed by atoms with E-state index in [9.17, 15) is 23.3 Å². The van der Waals surface area contributed by atoms with Gasteiger partial charge in [-0.3, -0.25) is 24.3 Å². The van der Waals surface area contributed by atoms with Crippen LogP contribution in [-0.4, -0.2) is 34.0 Å². The topological polar surface area (TPSA) is 149 Å². The molecule has 0 saturated carbocycles. The largest absolute Gasteiger partial charge is 0.326 e. The molecule has 2 heterocycles. The molecule has 0 unspecified atom stereocenters. The van der Waals surface area contributed by atoms with Crippen molar-refractivity contribution in [3.05, 3.63) is 57.8 Å². The summed E-state index contributed by atoms with van der Waals surface area (Å²) in [5, 5.41) is 19.3. The Morgan fingerprint density at radius 2 is 2.03 bits per heavy atom. The number of nitrogens with one attached hydrogen (secondary N) is 2. The predicted molar refractivity (Wildman–Crippen MR) is 106 cm³/mol. The lowest BCUT2D eigenvalue weighted by molar-refractivity contribution is -0.385. The zero-order chi connectivity index (χ0) is 21.0. The van der Waals surface area contributed by atoms with Gasteiger partial charge in [0.2, 0.25) is 5.91 Å². The molecular formula is C16H16N6O5S2. The third-order valence-electron chi connectivity index (χ3n) is 3.93. The van der Waals surface area contributed by atoms with Crippen LogP contribution in [0.25, 0.3) is 0 Å². The first-order valence-electron chi connectivity index (χ1n) is 8.25. The molecule has 0 spiro atoms. The number of nitrogens with zero attached hydrogens (tertiary/aromatic N) is 4. The quantitative estimate of drug-likeness (QED) is 0.406. The Morgan fingerprint density at radius 1 is 1.31 bits per heavy atom. The second-order valence-electron chi connectivity index (χ2n) is 5.86. The van der Waals surface area contributed by atoms with Crippen LogP contribution >= 0.6 is 11.3 Å². The van der Waals surface area contributed by atoms with E-state index in [2.05, 4.69) is 20.1 Å². The van der Waals surface area contributed by atoms with Crippen molar-refractivity contribution in [2.45, 2.75) is 24.8 Å². The Hall–Kier alpha value is -3.32. The number of hydrogen-bond donors (Lipinski definition) is 2. The minimum atomic E-state index is -3.77. The Morgan fingerprint density at radius 3 is 2.62 bits per heavy atom. The number of hydrogen-bond acceptors (Lipinski definition) is 8. The van der Waals surface area contributed by atoms with Crippen molar-refractivity contribution in [3.63, 3.8) is 0 Å². The van der Waals surface area contributed by atoms with Crippen LogP contribution in [0.1, 0.15) is 12.1 Å². The molecule has 0 saturated heterocycles. The van der Waals surface area contributed by atoms with E-state index in [0.29, 0.717) is 11.4 Å². The van der Waals surface area contributed by atoms with Crippen LogP contribution in [0.4, 0.5) is 16.5 Å². The van der Waals surface area contributed by atoms with Gasteiger partial charge in [0, 0.05) is 23.7 Å². The second-order valence-corrected chi connectivity index (χ2v) is 8.44. The van der Waals surface area contributed by atoms with Gasteiger partial charge in [-0.2, -0.15) is 5.10 Å². The van der Waals surface area contributed by atoms with Gasteiger partial charge in [0.05, 0.1) is 16.4 Å². The van der Waals surface area contributed by atoms with Crippen molar-refractivity contribution in [2.75, 3.05) is 10.0 Å². The van der Waals surface area contributed by atoms with Gasteiger partial charge >= 0.3 is 5.69 Å². The third kappa shape index (κ3) is 4.94. The number of rotatable bonds is 8. The number of benzene rings is 1. The molecule has 2 N–H and O–H groups in total. The maximum atomic E-state index is 12.3. The third-order valence-corrected chi connectivity index (χ3v) is 6.10. The number of nitro groups is 1. The summed E-state index contributed by atoms with van der Waals surface area (Å²) in [6, 6.07) is 5.68. The summed E-state index contributed by atoms with van der Waals surface area (Å²) in [5.74, 6) is -0.334. The number of thiazole rings is 1. The molecule has 11 nitrogen and oxygen atoms in total. The first-order valence-corrected chi connectivity index (χ1v) is 10.6. The van der Waals surface area contributed by atoms with Gasteiger partial charge in [-0.05, 0) is 31.2 Å². The Kier molecular flexibility index (Phi) is 5.89. The molecule has 1 aromatic carbocycles. The van der Waals surface area contributed by atoms with E-state index in [1.165, 1.54) is 35.1 Å². The molecule has 13 heteroatoms. The second kappa shape index (κ2) is 8.36. The van der Waals surface area contributed by atoms with Gasteiger partial charge in [-0.1, -0.05) is 0 Å². The van der Waals surface area contributed by atoms with E-state index >= 15 is 0 Å². The summed E-state index contributed by atoms with van der Waals surface area (Å²) in [6.07, 6.45) is 2.68. The number of anilines is 2. The standard InChI is InChI=1S/C16H16N6O5S2/c1-11-14(22(24)25)10-18-21(11)8-6-15(23)19-12-2-4-13(5-3-12)29(26,27)20-16-17-7-9-28-16/h2-5,7,9-10H,6,8H2,1H3,(H,17,20)(H,19,23). The van der Waals surface area contributed by atoms with Crippen molar-refractivity contribution in [1.29, 1.82) is 0 Å². The molecule has 29 heavy (non-hydrogen) atoms. The van der Waals surface area contributed by atoms with E-state index in [-0.39, 0.29) is 34.6 Å². The fraction of sp³-hybridized carbons (Fsp3) is 0.188. The number of aryl methyl sites for hydroxylation is 1. The summed E-state index contributed by atoms with van der Waals surface area (Å²) in [5.41, 5.74) is 0.685. The Labute approximate surface area is 169 Å². The zero-order valence-electron chi connectivity index (χ0n) is 15.1. The molecule has 2 aromatic heterocycles. The number of sulfonamides is 1. The molecule has 0 aliphatic carbocycles. The minimum Gasteiger partial charge on any atom is -0.326 e. The van der Waals surface area contributed by atoms with Gasteiger partial charge in [0.1, 0.15) is 11.9 Å². The van der Waals surface area contributed by atoms with Crippen LogP contribution in [0.3, 0.4) is 0 Å². The predicted octanol–water partition coefficient (Wildman–Crippen LogP) is 2.39. The maximum Gasteiger partial charge on any atom is 0.309 e. The summed E-state index contributed by atoms with van der Waals surface area (Å²) in [6.45, 7) is 1.73. The van der Waals surface area contributed by atoms with E-state index < -0.39 is 14.9 Å². The molecular weight excluding hydrogens is 420 g/mol. The monoisotopic (exact) mass is 436 g/mol. The summed E-state index contributed by atoms with van der Waals surface area (Å²) < 4.78 is 28.3. The fourth-order valence-electron chi connectivity index (χ4n) is 2.44. The highest BCUT2D eigenvalue weighted by atomic mass is 32.2. The number of carbonyl (C=O) groups is 1. The Balaban J connectivity index is 1.58. The van der Waals surface area contributed by atoms with Crippen LogP contribution in [0.5, 0.6) is 0 Å². The highest BCUT2D eigenvalue weighted by molar-refractivity contribution is 7.93. The van der Waals surface area contributed by atoms with Crippen molar-refractivity contribution in [2.24, 2.45) is 0 Å². The molecule has 3 aromatic rings. The average Bonchev–Trinajstić information content (AvgIpc) is 3.29. The van der Waals surface area contributed by atoms with Crippen molar-refractivity contribution in [1.82, 2.24) is 14.8 Å². The zero-order valence-corrected chi connectivity index (χ0v) is 16.7. The summed E-state index contributed by atoms with van der Waals surface area (Å²) in [7, 11) is -3.77. The lowest BCUT2D eigenvalue weighted by Crippen LogP contribution is -2.16. The van der Waals surface area contributed by atoms with Crippen molar-refractivity contribution in [3.8, 4) is 0 Å². The number of amides is 1. The van der Waals surface area contributed by atoms with Gasteiger partial charge in [0.15, 0.2) is 5.13 Å². The Bertz CT molecular complexity index is 1120. The SMILES string of the molecule is Cc1c([N+](=O)[O-])cnn1CCC(=O)Nc1ccc(S(=O)(=O)Nc2nccs2)cc1. The molecule has 152 valence electrons. The molecule has 0 atom stereocenters. The van der Waals surface area contributed by atoms with Crippen LogP contribution in [0.15, 0.2) is 46.9 Å². The highest BCUT2D eigenvalue weighted by Gasteiger charge is 2.17. The van der Waals surface area contributed by atoms with Crippen LogP contribution < -0.4 is 10.0 Å². The van der Waals surface area contributed by atoms with Gasteiger partial charge in [-0.25, -0.2) is 13.4 Å². The lowest BCUT2D eigenvalue weighted by Gasteiger charge is -2.08. The van der Waals surface area contributed by atoms with Crippen molar-refractivity contribution < 1.29 is 18.1 Å². The molecule has 3 rings (SSSR count). The van der Waals surface area contributed by atoms with E-state index in [0.717, 1.165) is 17.5 Å². The summed E-state index contributed by atoms with van der Waals surface area (Å²) >= 11 is 1.16. The smallest absolute Gasteiger partial charge is 0.309 e. The number of carbonyl (C=O) groups excluding carboxylic acids is 1. The van der Waals surface area contributed by atoms with Crippen LogP contribution in [-0.2, 0) is 21.4 Å². The molecule has 0 fully saturated rings. The minimum absolute atomic E-state index is 0.0326. The van der Waals surface area contributed by atoms with Gasteiger partial charge in [-0.15, -0.1) is 11.3 Å². The average molecular weight is 436 g/mol. The number of aromatic nitrogens is 3. The van der Waals surface area contributed by atoms with Gasteiger partial charge in [0.25, 0.3) is 10.0 Å². The van der Waals surface area contributed by atoms with Crippen molar-refractivity contribution >= 4 is 43.8 Å². The first-order chi connectivity index (χ1) is 13.8. The van der Waals surface area contributed by atoms with E-state index in [1.807, 2.05) is 0 Å². The first kappa shape index (κ1) is 20.4. The van der Waals surface area contributed by atoms with Crippen LogP contribution in [0, 0.1) is 17.0 Å². The molecule has 0 aliphatic rings. The summed E-state index contributed by atoms with van der Waals surface area (Å²) in [4.78, 5) is 26.3. The van der Waals surface area contributed by atoms with E-state index in [1.54, 1.807) is 12.3 Å². The highest BCUT2D eigenvalue weighted by Crippen LogP contribution is 2.20.